The normalized spacial score (nSPS) is 14.3. The van der Waals surface area contributed by atoms with E-state index in [-0.39, 0.29) is 24.8 Å². The second-order valence-electron chi connectivity index (χ2n) is 5.32. The molecule has 0 aromatic heterocycles. The molecule has 0 saturated carbocycles. The Morgan fingerprint density at radius 3 is 2.58 bits per heavy atom. The van der Waals surface area contributed by atoms with Crippen molar-refractivity contribution in [3.05, 3.63) is 86.2 Å². The number of halogens is 3. The summed E-state index contributed by atoms with van der Waals surface area (Å²) in [7, 11) is 4.17. The van der Waals surface area contributed by atoms with Crippen LogP contribution in [0.1, 0.15) is 22.3 Å². The molecule has 0 unspecified atom stereocenters. The third kappa shape index (κ3) is 5.37. The average Bonchev–Trinajstić information content (AvgIpc) is 3.33. The predicted octanol–water partition coefficient (Wildman–Crippen LogP) is 0.404. The van der Waals surface area contributed by atoms with Crippen LogP contribution in [0.2, 0.25) is 0 Å². The Kier molecular flexibility index (Phi) is 11.1. The van der Waals surface area contributed by atoms with Gasteiger partial charge in [-0.15, -0.1) is 101 Å². The summed E-state index contributed by atoms with van der Waals surface area (Å²) in [6, 6.07) is 18.8. The van der Waals surface area contributed by atoms with Crippen LogP contribution in [0.15, 0.2) is 51.9 Å². The molecule has 132 valence electrons. The molecule has 0 atom stereocenters. The fourth-order valence-electron chi connectivity index (χ4n) is 2.88. The molecule has 0 fully saturated rings. The maximum absolute atomic E-state index is 4.17. The van der Waals surface area contributed by atoms with Crippen molar-refractivity contribution in [1.29, 1.82) is 0 Å². The molecule has 6 heteroatoms. The second-order valence-corrected chi connectivity index (χ2v) is 7.63. The van der Waals surface area contributed by atoms with Gasteiger partial charge in [-0.05, 0) is 0 Å². The molecule has 0 bridgehead atoms. The van der Waals surface area contributed by atoms with E-state index in [2.05, 4.69) is 67.3 Å². The topological polar surface area (TPSA) is 0 Å². The molecule has 0 radical (unpaired) electrons. The van der Waals surface area contributed by atoms with Crippen LogP contribution >= 0.6 is 36.5 Å². The van der Waals surface area contributed by atoms with Crippen molar-refractivity contribution in [2.24, 2.45) is 0 Å². The van der Waals surface area contributed by atoms with E-state index in [9.17, 15) is 0 Å². The zero-order chi connectivity index (χ0) is 16.9. The average molecular weight is 559 g/mol. The van der Waals surface area contributed by atoms with Crippen LogP contribution in [-0.4, -0.2) is 5.75 Å². The van der Waals surface area contributed by atoms with Crippen molar-refractivity contribution in [3.8, 4) is 0 Å². The first-order chi connectivity index (χ1) is 11.8. The van der Waals surface area contributed by atoms with Gasteiger partial charge < -0.3 is 24.8 Å². The smallest absolute Gasteiger partial charge is 0.0528 e. The van der Waals surface area contributed by atoms with E-state index in [0.717, 1.165) is 34.9 Å². The first-order valence-electron chi connectivity index (χ1n) is 7.44. The zero-order valence-corrected chi connectivity index (χ0v) is 20.7. The van der Waals surface area contributed by atoms with E-state index in [1.807, 2.05) is 36.0 Å². The van der Waals surface area contributed by atoms with Crippen LogP contribution in [0.25, 0.3) is 17.7 Å². The fourth-order valence-corrected chi connectivity index (χ4v) is 4.56. The standard InChI is InChI=1S/C11H6BrS.C9H7.2ClH.S.Zr/c12-11-10-8(6-13-11)5-7-3-1-2-4-9(7)10;1-2-5-9-7-3-6-8(9)4-1;;;;/h1-3,5H,6H2;1-4,7H,6H2;2*1H;;/q2*-1;;;;+2/p-2. The van der Waals surface area contributed by atoms with Gasteiger partial charge in [0.05, 0.1) is 0 Å². The number of hydrogen-bond acceptors (Lipinski definition) is 2. The van der Waals surface area contributed by atoms with E-state index >= 15 is 0 Å². The molecule has 0 N–H and O–H groups in total. The Hall–Kier alpha value is 0.173. The molecular weight excluding hydrogens is 546 g/mol. The minimum Gasteiger partial charge on any atom is -0.147 e. The van der Waals surface area contributed by atoms with Crippen LogP contribution in [0.5, 0.6) is 0 Å². The van der Waals surface area contributed by atoms with Crippen LogP contribution in [0.4, 0.5) is 0 Å². The van der Waals surface area contributed by atoms with Gasteiger partial charge in [0.2, 0.25) is 0 Å². The molecule has 5 rings (SSSR count). The number of allylic oxidation sites excluding steroid dienone is 2. The summed E-state index contributed by atoms with van der Waals surface area (Å²) in [5, 5.41) is 0. The van der Waals surface area contributed by atoms with Crippen molar-refractivity contribution in [2.45, 2.75) is 6.42 Å². The minimum atomic E-state index is 0. The number of hydrogen-bond donors (Lipinski definition) is 0. The summed E-state index contributed by atoms with van der Waals surface area (Å²) < 4.78 is 1.26. The molecule has 26 heavy (non-hydrogen) atoms. The van der Waals surface area contributed by atoms with Gasteiger partial charge in [0.25, 0.3) is 0 Å². The third-order valence-corrected chi connectivity index (χ3v) is 5.94. The Morgan fingerprint density at radius 2 is 1.81 bits per heavy atom. The molecule has 2 aliphatic carbocycles. The Morgan fingerprint density at radius 1 is 1.08 bits per heavy atom. The molecule has 1 heterocycles. The molecule has 0 spiro atoms. The van der Waals surface area contributed by atoms with Crippen molar-refractivity contribution >= 4 is 54.3 Å². The van der Waals surface area contributed by atoms with Gasteiger partial charge in [0.15, 0.2) is 0 Å². The monoisotopic (exact) mass is 556 g/mol. The summed E-state index contributed by atoms with van der Waals surface area (Å²) in [5.41, 5.74) is 8.03. The predicted molar refractivity (Wildman–Crippen MR) is 107 cm³/mol. The fraction of sp³-hybridized carbons (Fsp3) is 0.100. The Balaban J connectivity index is 0.000000232. The quantitative estimate of drug-likeness (QED) is 0.429. The molecule has 0 saturated heterocycles. The maximum atomic E-state index is 4.17. The van der Waals surface area contributed by atoms with Crippen molar-refractivity contribution in [2.75, 3.05) is 5.75 Å². The molecule has 2 aromatic carbocycles. The number of benzene rings is 2. The van der Waals surface area contributed by atoms with Gasteiger partial charge in [-0.2, -0.15) is 0 Å². The second kappa shape index (κ2) is 11.9. The molecule has 1 aliphatic heterocycles. The van der Waals surface area contributed by atoms with E-state index in [1.165, 1.54) is 37.2 Å². The summed E-state index contributed by atoms with van der Waals surface area (Å²) in [4.78, 5) is 0. The summed E-state index contributed by atoms with van der Waals surface area (Å²) in [5.74, 6) is 1.10. The van der Waals surface area contributed by atoms with Gasteiger partial charge in [-0.25, -0.2) is 0 Å². The number of thioether (sulfide) groups is 1. The van der Waals surface area contributed by atoms with Crippen LogP contribution in [-0.2, 0) is 29.1 Å². The van der Waals surface area contributed by atoms with E-state index in [4.69, 9.17) is 0 Å². The van der Waals surface area contributed by atoms with E-state index in [0.29, 0.717) is 0 Å². The summed E-state index contributed by atoms with van der Waals surface area (Å²) in [6.07, 6.45) is 7.64. The molecule has 3 aliphatic rings. The largest absolute Gasteiger partial charge is 0.147 e. The van der Waals surface area contributed by atoms with Crippen molar-refractivity contribution < 1.29 is 47.5 Å². The van der Waals surface area contributed by atoms with Crippen molar-refractivity contribution in [3.63, 3.8) is 0 Å². The van der Waals surface area contributed by atoms with Crippen LogP contribution < -0.4 is 24.8 Å². The SMILES string of the molecule is BrC1=C2C(=Cc3ccc[c-]c32)CS1.[Cl-].[Cl-].[S]=[Zr+2].[c-]1cccc2c1C=CC2. The summed E-state index contributed by atoms with van der Waals surface area (Å²) >= 11 is 6.59. The van der Waals surface area contributed by atoms with Gasteiger partial charge in [-0.1, -0.05) is 33.5 Å². The molecule has 2 aromatic rings. The van der Waals surface area contributed by atoms with Crippen LogP contribution in [0, 0.1) is 12.1 Å². The first-order valence-corrected chi connectivity index (χ1v) is 12.6. The zero-order valence-electron chi connectivity index (χ0n) is 13.6. The van der Waals surface area contributed by atoms with Gasteiger partial charge in [0.1, 0.15) is 0 Å². The van der Waals surface area contributed by atoms with Gasteiger partial charge in [-0.3, -0.25) is 0 Å². The molecular formula is C20H13BrCl2S2Zr-2. The molecule has 0 nitrogen and oxygen atoms in total. The van der Waals surface area contributed by atoms with E-state index < -0.39 is 0 Å². The van der Waals surface area contributed by atoms with E-state index in [1.54, 1.807) is 0 Å². The minimum absolute atomic E-state index is 0. The number of rotatable bonds is 0. The van der Waals surface area contributed by atoms with Gasteiger partial charge in [0, 0.05) is 9.57 Å². The Bertz CT molecular complexity index is 862. The third-order valence-electron chi connectivity index (χ3n) is 3.94. The number of fused-ring (bicyclic) bond motifs is 4. The van der Waals surface area contributed by atoms with Gasteiger partial charge >= 0.3 is 31.5 Å². The van der Waals surface area contributed by atoms with Crippen molar-refractivity contribution in [1.82, 2.24) is 0 Å². The first kappa shape index (κ1) is 24.2. The summed E-state index contributed by atoms with van der Waals surface area (Å²) in [6.45, 7) is 0. The maximum Gasteiger partial charge on any atom is -0.0528 e. The Labute approximate surface area is 198 Å². The van der Waals surface area contributed by atoms with Crippen LogP contribution in [0.3, 0.4) is 0 Å². The molecule has 0 amide bonds.